The van der Waals surface area contributed by atoms with Gasteiger partial charge in [-0.15, -0.1) is 13.2 Å². The number of rotatable bonds is 4. The van der Waals surface area contributed by atoms with Gasteiger partial charge in [-0.2, -0.15) is 0 Å². The van der Waals surface area contributed by atoms with E-state index < -0.39 is 0 Å². The zero-order chi connectivity index (χ0) is 8.81. The predicted octanol–water partition coefficient (Wildman–Crippen LogP) is 1.50. The summed E-state index contributed by atoms with van der Waals surface area (Å²) >= 11 is 0. The first kappa shape index (κ1) is 9.49. The molecule has 1 N–H and O–H groups in total. The summed E-state index contributed by atoms with van der Waals surface area (Å²) in [6.07, 6.45) is 6.02. The van der Waals surface area contributed by atoms with Gasteiger partial charge in [-0.3, -0.25) is 0 Å². The van der Waals surface area contributed by atoms with Gasteiger partial charge in [0.2, 0.25) is 0 Å². The largest absolute Gasteiger partial charge is 0.375 e. The average Bonchev–Trinajstić information content (AvgIpc) is 2.09. The minimum atomic E-state index is 0.286. The van der Waals surface area contributed by atoms with Crippen molar-refractivity contribution in [3.8, 4) is 0 Å². The second-order valence-electron chi connectivity index (χ2n) is 3.02. The summed E-state index contributed by atoms with van der Waals surface area (Å²) in [4.78, 5) is 0. The quantitative estimate of drug-likeness (QED) is 0.641. The van der Waals surface area contributed by atoms with E-state index in [0.29, 0.717) is 6.04 Å². The highest BCUT2D eigenvalue weighted by Crippen LogP contribution is 2.12. The van der Waals surface area contributed by atoms with Gasteiger partial charge in [0, 0.05) is 12.6 Å². The third-order valence-corrected chi connectivity index (χ3v) is 2.11. The summed E-state index contributed by atoms with van der Waals surface area (Å²) in [5, 5.41) is 3.41. The van der Waals surface area contributed by atoms with Crippen LogP contribution >= 0.6 is 0 Å². The van der Waals surface area contributed by atoms with E-state index in [1.54, 1.807) is 0 Å². The third-order valence-electron chi connectivity index (χ3n) is 2.11. The SMILES string of the molecule is C=CCC1NCCOC1CC=C. The number of hydrogen-bond acceptors (Lipinski definition) is 2. The lowest BCUT2D eigenvalue weighted by Gasteiger charge is -2.31. The molecule has 1 aliphatic rings. The second kappa shape index (κ2) is 5.12. The Hall–Kier alpha value is -0.600. The predicted molar refractivity (Wildman–Crippen MR) is 51.2 cm³/mol. The highest BCUT2D eigenvalue weighted by Gasteiger charge is 2.22. The van der Waals surface area contributed by atoms with Crippen LogP contribution in [0.4, 0.5) is 0 Å². The number of nitrogens with one attached hydrogen (secondary N) is 1. The molecule has 0 bridgehead atoms. The van der Waals surface area contributed by atoms with Crippen LogP contribution in [0.15, 0.2) is 25.3 Å². The topological polar surface area (TPSA) is 21.3 Å². The lowest BCUT2D eigenvalue weighted by atomic mass is 10.0. The summed E-state index contributed by atoms with van der Waals surface area (Å²) in [5.41, 5.74) is 0. The van der Waals surface area contributed by atoms with E-state index in [9.17, 15) is 0 Å². The van der Waals surface area contributed by atoms with Crippen molar-refractivity contribution in [2.45, 2.75) is 25.0 Å². The van der Waals surface area contributed by atoms with E-state index in [2.05, 4.69) is 18.5 Å². The molecule has 12 heavy (non-hydrogen) atoms. The second-order valence-corrected chi connectivity index (χ2v) is 3.02. The molecule has 1 fully saturated rings. The molecule has 0 aromatic carbocycles. The fourth-order valence-electron chi connectivity index (χ4n) is 1.51. The molecule has 0 aliphatic carbocycles. The Morgan fingerprint density at radius 2 is 2.08 bits per heavy atom. The van der Waals surface area contributed by atoms with Crippen LogP contribution in [0, 0.1) is 0 Å². The van der Waals surface area contributed by atoms with Crippen molar-refractivity contribution in [1.29, 1.82) is 0 Å². The molecule has 0 amide bonds. The molecule has 1 rings (SSSR count). The minimum Gasteiger partial charge on any atom is -0.375 e. The maximum Gasteiger partial charge on any atom is 0.0765 e. The van der Waals surface area contributed by atoms with Crippen LogP contribution in [0.5, 0.6) is 0 Å². The zero-order valence-electron chi connectivity index (χ0n) is 7.46. The van der Waals surface area contributed by atoms with E-state index in [4.69, 9.17) is 4.74 Å². The van der Waals surface area contributed by atoms with E-state index in [-0.39, 0.29) is 6.10 Å². The van der Waals surface area contributed by atoms with Crippen molar-refractivity contribution < 1.29 is 4.74 Å². The summed E-state index contributed by atoms with van der Waals surface area (Å²) < 4.78 is 5.60. The van der Waals surface area contributed by atoms with Gasteiger partial charge in [-0.1, -0.05) is 12.2 Å². The van der Waals surface area contributed by atoms with Crippen molar-refractivity contribution in [2.24, 2.45) is 0 Å². The van der Waals surface area contributed by atoms with E-state index in [1.807, 2.05) is 12.2 Å². The smallest absolute Gasteiger partial charge is 0.0765 e. The number of hydrogen-bond donors (Lipinski definition) is 1. The fourth-order valence-corrected chi connectivity index (χ4v) is 1.51. The molecule has 1 heterocycles. The van der Waals surface area contributed by atoms with Crippen molar-refractivity contribution >= 4 is 0 Å². The van der Waals surface area contributed by atoms with Crippen LogP contribution in [0.25, 0.3) is 0 Å². The minimum absolute atomic E-state index is 0.286. The Labute approximate surface area is 74.3 Å². The van der Waals surface area contributed by atoms with Crippen LogP contribution in [-0.2, 0) is 4.74 Å². The standard InChI is InChI=1S/C10H17NO/c1-3-5-9-10(6-4-2)12-8-7-11-9/h3-4,9-11H,1-2,5-8H2. The molecular weight excluding hydrogens is 150 g/mol. The van der Waals surface area contributed by atoms with Gasteiger partial charge in [0.15, 0.2) is 0 Å². The molecule has 0 radical (unpaired) electrons. The fraction of sp³-hybridized carbons (Fsp3) is 0.600. The van der Waals surface area contributed by atoms with E-state index in [0.717, 1.165) is 26.0 Å². The van der Waals surface area contributed by atoms with Crippen LogP contribution in [0.3, 0.4) is 0 Å². The maximum absolute atomic E-state index is 5.60. The summed E-state index contributed by atoms with van der Waals surface area (Å²) in [6.45, 7) is 9.21. The molecule has 1 aliphatic heterocycles. The monoisotopic (exact) mass is 167 g/mol. The van der Waals surface area contributed by atoms with E-state index >= 15 is 0 Å². The average molecular weight is 167 g/mol. The zero-order valence-corrected chi connectivity index (χ0v) is 7.46. The molecule has 2 nitrogen and oxygen atoms in total. The van der Waals surface area contributed by atoms with Gasteiger partial charge in [-0.05, 0) is 12.8 Å². The van der Waals surface area contributed by atoms with Crippen molar-refractivity contribution in [3.05, 3.63) is 25.3 Å². The molecule has 1 saturated heterocycles. The Morgan fingerprint density at radius 1 is 1.33 bits per heavy atom. The lowest BCUT2D eigenvalue weighted by molar-refractivity contribution is -0.000673. The highest BCUT2D eigenvalue weighted by atomic mass is 16.5. The van der Waals surface area contributed by atoms with Gasteiger partial charge < -0.3 is 10.1 Å². The van der Waals surface area contributed by atoms with Gasteiger partial charge in [0.05, 0.1) is 12.7 Å². The van der Waals surface area contributed by atoms with Gasteiger partial charge >= 0.3 is 0 Å². The molecule has 2 atom stereocenters. The Bertz CT molecular complexity index is 138. The van der Waals surface area contributed by atoms with Gasteiger partial charge in [0.1, 0.15) is 0 Å². The summed E-state index contributed by atoms with van der Waals surface area (Å²) in [5.74, 6) is 0. The van der Waals surface area contributed by atoms with Crippen LogP contribution in [-0.4, -0.2) is 25.3 Å². The third kappa shape index (κ3) is 2.47. The van der Waals surface area contributed by atoms with Crippen molar-refractivity contribution in [2.75, 3.05) is 13.2 Å². The Kier molecular flexibility index (Phi) is 4.05. The first-order valence-corrected chi connectivity index (χ1v) is 4.45. The highest BCUT2D eigenvalue weighted by molar-refractivity contribution is 4.90. The maximum atomic E-state index is 5.60. The lowest BCUT2D eigenvalue weighted by Crippen LogP contribution is -2.47. The number of ether oxygens (including phenoxy) is 1. The van der Waals surface area contributed by atoms with Gasteiger partial charge in [-0.25, -0.2) is 0 Å². The molecular formula is C10H17NO. The summed E-state index contributed by atoms with van der Waals surface area (Å²) in [7, 11) is 0. The van der Waals surface area contributed by atoms with Crippen LogP contribution < -0.4 is 5.32 Å². The molecule has 0 aromatic heterocycles. The summed E-state index contributed by atoms with van der Waals surface area (Å²) in [6, 6.07) is 0.425. The first-order valence-electron chi connectivity index (χ1n) is 4.45. The number of morpholine rings is 1. The Balaban J connectivity index is 2.41. The molecule has 0 aromatic rings. The molecule has 2 heteroatoms. The molecule has 2 unspecified atom stereocenters. The first-order chi connectivity index (χ1) is 5.88. The van der Waals surface area contributed by atoms with Crippen LogP contribution in [0.2, 0.25) is 0 Å². The van der Waals surface area contributed by atoms with Gasteiger partial charge in [0.25, 0.3) is 0 Å². The Morgan fingerprint density at radius 3 is 2.75 bits per heavy atom. The molecule has 0 saturated carbocycles. The molecule has 68 valence electrons. The normalized spacial score (nSPS) is 29.7. The van der Waals surface area contributed by atoms with Crippen LogP contribution in [0.1, 0.15) is 12.8 Å². The van der Waals surface area contributed by atoms with Crippen molar-refractivity contribution in [3.63, 3.8) is 0 Å². The van der Waals surface area contributed by atoms with E-state index in [1.165, 1.54) is 0 Å². The molecule has 0 spiro atoms. The van der Waals surface area contributed by atoms with Crippen molar-refractivity contribution in [1.82, 2.24) is 5.32 Å².